The number of amides is 2. The molecule has 64 valence electrons. The highest BCUT2D eigenvalue weighted by Crippen LogP contribution is 1.86. The zero-order valence-electron chi connectivity index (χ0n) is 6.25. The zero-order chi connectivity index (χ0) is 8.85. The first-order valence-corrected chi connectivity index (χ1v) is 2.98. The summed E-state index contributed by atoms with van der Waals surface area (Å²) in [5.41, 5.74) is 3.45. The minimum absolute atomic E-state index is 0.273. The van der Waals surface area contributed by atoms with Crippen molar-refractivity contribution in [3.63, 3.8) is 0 Å². The summed E-state index contributed by atoms with van der Waals surface area (Å²) in [5.74, 6) is 0. The second-order valence-electron chi connectivity index (χ2n) is 2.01. The van der Waals surface area contributed by atoms with Gasteiger partial charge in [-0.05, 0) is 13.8 Å². The van der Waals surface area contributed by atoms with Crippen LogP contribution in [-0.4, -0.2) is 23.4 Å². The molecular formula is C5H10N2O4. The van der Waals surface area contributed by atoms with Crippen LogP contribution in [0.1, 0.15) is 13.8 Å². The minimum Gasteiger partial charge on any atom is -0.464 e. The summed E-state index contributed by atoms with van der Waals surface area (Å²) in [6.07, 6.45) is -2.43. The summed E-state index contributed by atoms with van der Waals surface area (Å²) in [4.78, 5) is 20.3. The largest absolute Gasteiger partial charge is 0.464 e. The number of carboxylic acid groups (broad SMARTS) is 1. The maximum atomic E-state index is 10.5. The fourth-order valence-corrected chi connectivity index (χ4v) is 0.348. The summed E-state index contributed by atoms with van der Waals surface area (Å²) in [6.45, 7) is 3.31. The van der Waals surface area contributed by atoms with Crippen LogP contribution in [0.3, 0.4) is 0 Å². The van der Waals surface area contributed by atoms with Crippen molar-refractivity contribution in [2.75, 3.05) is 0 Å². The summed E-state index contributed by atoms with van der Waals surface area (Å²) in [7, 11) is 0. The average molecular weight is 162 g/mol. The van der Waals surface area contributed by atoms with Gasteiger partial charge in [0.1, 0.15) is 0 Å². The van der Waals surface area contributed by atoms with Gasteiger partial charge in [0.2, 0.25) is 0 Å². The number of hydrazine groups is 1. The Morgan fingerprint density at radius 1 is 1.36 bits per heavy atom. The Labute approximate surface area is 63.5 Å². The Morgan fingerprint density at radius 3 is 2.27 bits per heavy atom. The van der Waals surface area contributed by atoms with Crippen LogP contribution >= 0.6 is 0 Å². The van der Waals surface area contributed by atoms with Crippen LogP contribution in [0.5, 0.6) is 0 Å². The number of ether oxygens (including phenoxy) is 1. The lowest BCUT2D eigenvalue weighted by atomic mass is 10.5. The molecule has 0 heterocycles. The molecule has 2 amide bonds. The Hall–Kier alpha value is -1.46. The van der Waals surface area contributed by atoms with Crippen molar-refractivity contribution in [3.05, 3.63) is 0 Å². The number of carbonyl (C=O) groups is 2. The van der Waals surface area contributed by atoms with Crippen LogP contribution in [0.15, 0.2) is 0 Å². The Kier molecular flexibility index (Phi) is 3.79. The molecule has 0 unspecified atom stereocenters. The average Bonchev–Trinajstić information content (AvgIpc) is 1.82. The zero-order valence-corrected chi connectivity index (χ0v) is 6.25. The van der Waals surface area contributed by atoms with Crippen molar-refractivity contribution in [2.45, 2.75) is 20.0 Å². The molecule has 0 radical (unpaired) electrons. The van der Waals surface area contributed by atoms with Crippen LogP contribution < -0.4 is 10.9 Å². The monoisotopic (exact) mass is 162 g/mol. The van der Waals surface area contributed by atoms with E-state index in [1.807, 2.05) is 0 Å². The van der Waals surface area contributed by atoms with E-state index in [0.29, 0.717) is 0 Å². The van der Waals surface area contributed by atoms with Gasteiger partial charge in [0, 0.05) is 0 Å². The van der Waals surface area contributed by atoms with E-state index in [-0.39, 0.29) is 6.10 Å². The highest BCUT2D eigenvalue weighted by atomic mass is 16.6. The molecule has 0 atom stereocenters. The normalized spacial score (nSPS) is 9.00. The number of nitrogens with one attached hydrogen (secondary N) is 2. The third kappa shape index (κ3) is 6.42. The van der Waals surface area contributed by atoms with Crippen molar-refractivity contribution >= 4 is 12.2 Å². The second-order valence-corrected chi connectivity index (χ2v) is 2.01. The predicted molar refractivity (Wildman–Crippen MR) is 35.9 cm³/mol. The topological polar surface area (TPSA) is 87.7 Å². The Bertz CT molecular complexity index is 157. The van der Waals surface area contributed by atoms with Crippen LogP contribution in [-0.2, 0) is 4.74 Å². The lowest BCUT2D eigenvalue weighted by Gasteiger charge is -2.07. The first kappa shape index (κ1) is 9.54. The molecule has 0 spiro atoms. The summed E-state index contributed by atoms with van der Waals surface area (Å²) >= 11 is 0. The summed E-state index contributed by atoms with van der Waals surface area (Å²) < 4.78 is 4.52. The van der Waals surface area contributed by atoms with Gasteiger partial charge < -0.3 is 9.84 Å². The molecule has 6 nitrogen and oxygen atoms in total. The lowest BCUT2D eigenvalue weighted by molar-refractivity contribution is 0.109. The van der Waals surface area contributed by atoms with E-state index in [1.165, 1.54) is 0 Å². The summed E-state index contributed by atoms with van der Waals surface area (Å²) in [6, 6.07) is 0. The standard InChI is InChI=1S/C5H10N2O4/c1-3(2)11-5(10)7-6-4(8)9/h3,6H,1-2H3,(H,7,10)(H,8,9). The van der Waals surface area contributed by atoms with Crippen LogP contribution in [0.4, 0.5) is 9.59 Å². The molecule has 6 heteroatoms. The highest BCUT2D eigenvalue weighted by Gasteiger charge is 2.04. The van der Waals surface area contributed by atoms with E-state index in [1.54, 1.807) is 24.7 Å². The smallest absolute Gasteiger partial charge is 0.426 e. The Balaban J connectivity index is 3.45. The lowest BCUT2D eigenvalue weighted by Crippen LogP contribution is -2.41. The SMILES string of the molecule is CC(C)OC(=O)NNC(=O)O. The van der Waals surface area contributed by atoms with Crippen LogP contribution in [0.25, 0.3) is 0 Å². The quantitative estimate of drug-likeness (QED) is 0.484. The van der Waals surface area contributed by atoms with Gasteiger partial charge in [0.15, 0.2) is 0 Å². The third-order valence-corrected chi connectivity index (χ3v) is 0.614. The molecule has 0 aromatic rings. The number of rotatable bonds is 1. The molecule has 0 fully saturated rings. The van der Waals surface area contributed by atoms with E-state index in [0.717, 1.165) is 0 Å². The molecule has 0 aliphatic heterocycles. The molecule has 0 aliphatic carbocycles. The van der Waals surface area contributed by atoms with E-state index in [4.69, 9.17) is 5.11 Å². The summed E-state index contributed by atoms with van der Waals surface area (Å²) in [5, 5.41) is 8.02. The Morgan fingerprint density at radius 2 is 1.91 bits per heavy atom. The van der Waals surface area contributed by atoms with Crippen molar-refractivity contribution in [1.82, 2.24) is 10.9 Å². The fourth-order valence-electron chi connectivity index (χ4n) is 0.348. The third-order valence-electron chi connectivity index (χ3n) is 0.614. The van der Waals surface area contributed by atoms with Gasteiger partial charge in [-0.25, -0.2) is 20.4 Å². The first-order valence-electron chi connectivity index (χ1n) is 2.98. The van der Waals surface area contributed by atoms with E-state index < -0.39 is 12.2 Å². The van der Waals surface area contributed by atoms with Gasteiger partial charge >= 0.3 is 12.2 Å². The molecule has 0 bridgehead atoms. The van der Waals surface area contributed by atoms with Gasteiger partial charge in [-0.3, -0.25) is 0 Å². The second kappa shape index (κ2) is 4.37. The molecule has 0 saturated heterocycles. The molecule has 3 N–H and O–H groups in total. The first-order chi connectivity index (χ1) is 5.02. The number of carbonyl (C=O) groups excluding carboxylic acids is 1. The van der Waals surface area contributed by atoms with Crippen molar-refractivity contribution in [2.24, 2.45) is 0 Å². The number of hydrogen-bond acceptors (Lipinski definition) is 3. The molecule has 0 rings (SSSR count). The van der Waals surface area contributed by atoms with Crippen LogP contribution in [0.2, 0.25) is 0 Å². The minimum atomic E-state index is -1.34. The van der Waals surface area contributed by atoms with Gasteiger partial charge in [0.25, 0.3) is 0 Å². The van der Waals surface area contributed by atoms with Crippen molar-refractivity contribution in [3.8, 4) is 0 Å². The fraction of sp³-hybridized carbons (Fsp3) is 0.600. The molecule has 0 aromatic heterocycles. The molecular weight excluding hydrogens is 152 g/mol. The predicted octanol–water partition coefficient (Wildman–Crippen LogP) is 0.304. The van der Waals surface area contributed by atoms with E-state index in [2.05, 4.69) is 4.74 Å². The molecule has 0 aliphatic rings. The molecule has 0 aromatic carbocycles. The van der Waals surface area contributed by atoms with Gasteiger partial charge in [-0.2, -0.15) is 0 Å². The maximum Gasteiger partial charge on any atom is 0.426 e. The van der Waals surface area contributed by atoms with Crippen LogP contribution in [0, 0.1) is 0 Å². The van der Waals surface area contributed by atoms with Gasteiger partial charge in [0.05, 0.1) is 6.10 Å². The maximum absolute atomic E-state index is 10.5. The van der Waals surface area contributed by atoms with Gasteiger partial charge in [-0.1, -0.05) is 0 Å². The highest BCUT2D eigenvalue weighted by molar-refractivity contribution is 5.72. The van der Waals surface area contributed by atoms with E-state index >= 15 is 0 Å². The molecule has 11 heavy (non-hydrogen) atoms. The molecule has 0 saturated carbocycles. The number of hydrogen-bond donors (Lipinski definition) is 3. The van der Waals surface area contributed by atoms with Crippen molar-refractivity contribution < 1.29 is 19.4 Å². The van der Waals surface area contributed by atoms with Gasteiger partial charge in [-0.15, -0.1) is 0 Å². The van der Waals surface area contributed by atoms with Crippen molar-refractivity contribution in [1.29, 1.82) is 0 Å². The van der Waals surface area contributed by atoms with E-state index in [9.17, 15) is 9.59 Å².